The van der Waals surface area contributed by atoms with E-state index < -0.39 is 0 Å². The molecule has 1 aromatic heterocycles. The third-order valence-electron chi connectivity index (χ3n) is 2.16. The van der Waals surface area contributed by atoms with Gasteiger partial charge in [-0.2, -0.15) is 0 Å². The number of benzene rings is 1. The number of halogens is 1. The quantitative estimate of drug-likeness (QED) is 0.810. The Morgan fingerprint density at radius 2 is 2.19 bits per heavy atom. The molecule has 4 heteroatoms. The molecule has 0 bridgehead atoms. The number of furan rings is 1. The summed E-state index contributed by atoms with van der Waals surface area (Å²) in [5.41, 5.74) is 0.537. The van der Waals surface area contributed by atoms with Gasteiger partial charge in [-0.05, 0) is 34.1 Å². The fourth-order valence-electron chi connectivity index (χ4n) is 1.35. The Hall–Kier alpha value is -1.55. The van der Waals surface area contributed by atoms with E-state index in [1.165, 1.54) is 6.26 Å². The van der Waals surface area contributed by atoms with Crippen molar-refractivity contribution in [1.29, 1.82) is 0 Å². The van der Waals surface area contributed by atoms with Crippen LogP contribution in [0.5, 0.6) is 5.75 Å². The van der Waals surface area contributed by atoms with E-state index in [1.54, 1.807) is 37.4 Å². The molecule has 1 aromatic carbocycles. The average molecular weight is 281 g/mol. The first kappa shape index (κ1) is 11.0. The standard InChI is InChI=1S/C12H9BrO3/c1-15-9-4-2-3-8(7-9)11(14)12-10(13)5-6-16-12/h2-7H,1H3. The molecule has 0 atom stereocenters. The number of carbonyl (C=O) groups is 1. The van der Waals surface area contributed by atoms with Crippen LogP contribution < -0.4 is 4.74 Å². The summed E-state index contributed by atoms with van der Waals surface area (Å²) in [5, 5.41) is 0. The highest BCUT2D eigenvalue weighted by Crippen LogP contribution is 2.22. The number of methoxy groups -OCH3 is 1. The zero-order valence-corrected chi connectivity index (χ0v) is 10.2. The van der Waals surface area contributed by atoms with Gasteiger partial charge >= 0.3 is 0 Å². The van der Waals surface area contributed by atoms with E-state index in [1.807, 2.05) is 0 Å². The molecule has 0 saturated heterocycles. The van der Waals surface area contributed by atoms with Crippen LogP contribution in [0, 0.1) is 0 Å². The maximum atomic E-state index is 12.0. The Bertz CT molecular complexity index is 516. The minimum absolute atomic E-state index is 0.171. The van der Waals surface area contributed by atoms with Crippen LogP contribution in [0.2, 0.25) is 0 Å². The highest BCUT2D eigenvalue weighted by molar-refractivity contribution is 9.10. The van der Waals surface area contributed by atoms with Gasteiger partial charge in [0.25, 0.3) is 0 Å². The highest BCUT2D eigenvalue weighted by Gasteiger charge is 2.16. The van der Waals surface area contributed by atoms with Crippen molar-refractivity contribution >= 4 is 21.7 Å². The van der Waals surface area contributed by atoms with Gasteiger partial charge in [0.2, 0.25) is 5.78 Å². The second-order valence-corrected chi connectivity index (χ2v) is 4.01. The molecule has 0 aliphatic rings. The Morgan fingerprint density at radius 1 is 1.38 bits per heavy atom. The van der Waals surface area contributed by atoms with Gasteiger partial charge in [-0.15, -0.1) is 0 Å². The fourth-order valence-corrected chi connectivity index (χ4v) is 1.73. The van der Waals surface area contributed by atoms with Crippen molar-refractivity contribution in [2.24, 2.45) is 0 Å². The SMILES string of the molecule is COc1cccc(C(=O)c2occc2Br)c1. The topological polar surface area (TPSA) is 39.4 Å². The molecule has 0 N–H and O–H groups in total. The van der Waals surface area contributed by atoms with E-state index >= 15 is 0 Å². The van der Waals surface area contributed by atoms with Crippen molar-refractivity contribution in [3.63, 3.8) is 0 Å². The predicted octanol–water partition coefficient (Wildman–Crippen LogP) is 3.28. The summed E-state index contributed by atoms with van der Waals surface area (Å²) in [6.45, 7) is 0. The number of ether oxygens (including phenoxy) is 1. The number of carbonyl (C=O) groups excluding carboxylic acids is 1. The third kappa shape index (κ3) is 2.02. The Kier molecular flexibility index (Phi) is 3.10. The molecule has 0 spiro atoms. The zero-order valence-electron chi connectivity index (χ0n) is 8.57. The van der Waals surface area contributed by atoms with E-state index in [0.29, 0.717) is 21.5 Å². The van der Waals surface area contributed by atoms with E-state index in [0.717, 1.165) is 0 Å². The first-order valence-electron chi connectivity index (χ1n) is 4.64. The first-order valence-corrected chi connectivity index (χ1v) is 5.43. The number of rotatable bonds is 3. The number of hydrogen-bond donors (Lipinski definition) is 0. The number of ketones is 1. The van der Waals surface area contributed by atoms with Crippen LogP contribution in [-0.4, -0.2) is 12.9 Å². The minimum Gasteiger partial charge on any atom is -0.497 e. The molecule has 2 rings (SSSR count). The molecule has 82 valence electrons. The predicted molar refractivity (Wildman–Crippen MR) is 62.8 cm³/mol. The van der Waals surface area contributed by atoms with Crippen molar-refractivity contribution in [1.82, 2.24) is 0 Å². The van der Waals surface area contributed by atoms with Crippen molar-refractivity contribution in [2.45, 2.75) is 0 Å². The molecule has 0 amide bonds. The van der Waals surface area contributed by atoms with Crippen LogP contribution in [0.1, 0.15) is 16.1 Å². The summed E-state index contributed by atoms with van der Waals surface area (Å²) in [7, 11) is 1.56. The molecule has 0 saturated carbocycles. The molecule has 0 aliphatic heterocycles. The van der Waals surface area contributed by atoms with Gasteiger partial charge in [0.15, 0.2) is 5.76 Å². The maximum Gasteiger partial charge on any atom is 0.229 e. The van der Waals surface area contributed by atoms with Crippen LogP contribution in [0.3, 0.4) is 0 Å². The molecule has 0 fully saturated rings. The summed E-state index contributed by atoms with van der Waals surface area (Å²) in [6.07, 6.45) is 1.47. The molecular formula is C12H9BrO3. The number of hydrogen-bond acceptors (Lipinski definition) is 3. The molecule has 3 nitrogen and oxygen atoms in total. The van der Waals surface area contributed by atoms with E-state index in [9.17, 15) is 4.79 Å². The van der Waals surface area contributed by atoms with Crippen molar-refractivity contribution in [2.75, 3.05) is 7.11 Å². The van der Waals surface area contributed by atoms with Crippen molar-refractivity contribution in [3.8, 4) is 5.75 Å². The van der Waals surface area contributed by atoms with Crippen LogP contribution in [0.25, 0.3) is 0 Å². The maximum absolute atomic E-state index is 12.0. The summed E-state index contributed by atoms with van der Waals surface area (Å²) in [6, 6.07) is 8.64. The van der Waals surface area contributed by atoms with Crippen molar-refractivity contribution in [3.05, 3.63) is 52.4 Å². The average Bonchev–Trinajstić information content (AvgIpc) is 2.74. The molecule has 0 radical (unpaired) electrons. The molecular weight excluding hydrogens is 272 g/mol. The van der Waals surface area contributed by atoms with E-state index in [2.05, 4.69) is 15.9 Å². The monoisotopic (exact) mass is 280 g/mol. The molecule has 2 aromatic rings. The van der Waals surface area contributed by atoms with E-state index in [4.69, 9.17) is 9.15 Å². The van der Waals surface area contributed by atoms with Gasteiger partial charge in [-0.1, -0.05) is 12.1 Å². The lowest BCUT2D eigenvalue weighted by Crippen LogP contribution is -2.00. The second-order valence-electron chi connectivity index (χ2n) is 3.16. The van der Waals surface area contributed by atoms with Crippen molar-refractivity contribution < 1.29 is 13.9 Å². The third-order valence-corrected chi connectivity index (χ3v) is 2.78. The molecule has 0 aliphatic carbocycles. The summed E-state index contributed by atoms with van der Waals surface area (Å²) >= 11 is 3.25. The summed E-state index contributed by atoms with van der Waals surface area (Å²) in [5.74, 6) is 0.776. The largest absolute Gasteiger partial charge is 0.497 e. The molecule has 1 heterocycles. The van der Waals surface area contributed by atoms with Gasteiger partial charge < -0.3 is 9.15 Å². The van der Waals surface area contributed by atoms with Gasteiger partial charge in [-0.25, -0.2) is 0 Å². The normalized spacial score (nSPS) is 10.1. The van der Waals surface area contributed by atoms with Crippen LogP contribution in [0.4, 0.5) is 0 Å². The smallest absolute Gasteiger partial charge is 0.229 e. The Labute approximate surface area is 101 Å². The lowest BCUT2D eigenvalue weighted by atomic mass is 10.1. The lowest BCUT2D eigenvalue weighted by Gasteiger charge is -2.02. The lowest BCUT2D eigenvalue weighted by molar-refractivity contribution is 0.101. The minimum atomic E-state index is -0.171. The summed E-state index contributed by atoms with van der Waals surface area (Å²) in [4.78, 5) is 12.0. The fraction of sp³-hybridized carbons (Fsp3) is 0.0833. The second kappa shape index (κ2) is 4.53. The van der Waals surface area contributed by atoms with E-state index in [-0.39, 0.29) is 5.78 Å². The van der Waals surface area contributed by atoms with Gasteiger partial charge in [-0.3, -0.25) is 4.79 Å². The molecule has 0 unspecified atom stereocenters. The first-order chi connectivity index (χ1) is 7.72. The Morgan fingerprint density at radius 3 is 2.81 bits per heavy atom. The van der Waals surface area contributed by atoms with Crippen LogP contribution in [-0.2, 0) is 0 Å². The highest BCUT2D eigenvalue weighted by atomic mass is 79.9. The summed E-state index contributed by atoms with van der Waals surface area (Å²) < 4.78 is 10.8. The van der Waals surface area contributed by atoms with Crippen LogP contribution in [0.15, 0.2) is 45.5 Å². The van der Waals surface area contributed by atoms with Gasteiger partial charge in [0.05, 0.1) is 17.8 Å². The Balaban J connectivity index is 2.38. The van der Waals surface area contributed by atoms with Gasteiger partial charge in [0.1, 0.15) is 5.75 Å². The molecule has 16 heavy (non-hydrogen) atoms. The van der Waals surface area contributed by atoms with Gasteiger partial charge in [0, 0.05) is 5.56 Å². The zero-order chi connectivity index (χ0) is 11.5. The van der Waals surface area contributed by atoms with Crippen LogP contribution >= 0.6 is 15.9 Å².